The van der Waals surface area contributed by atoms with Crippen molar-refractivity contribution in [2.45, 2.75) is 6.17 Å². The summed E-state index contributed by atoms with van der Waals surface area (Å²) in [5.41, 5.74) is 6.84. The van der Waals surface area contributed by atoms with E-state index >= 15 is 0 Å². The third-order valence-electron chi connectivity index (χ3n) is 10.1. The van der Waals surface area contributed by atoms with E-state index in [0.717, 1.165) is 28.4 Å². The standard InChI is InChI=1S/C45H28N4S2/c1-3-12-27(13-4-1)43-46-44(28-14-5-2-6-15-28)48-45(47-43)32-18-11-21-39-42(32)35-26-40-34(25-41(35)51-39)33-24-29(22-23-38(33)50-40)49-36-19-9-7-16-30(36)31-17-8-10-20-37(31)49/h1-26,43H,(H,46,47,48). The van der Waals surface area contributed by atoms with Gasteiger partial charge in [0.25, 0.3) is 0 Å². The van der Waals surface area contributed by atoms with E-state index in [-0.39, 0.29) is 6.17 Å². The number of hydrogen-bond acceptors (Lipinski definition) is 5. The van der Waals surface area contributed by atoms with Crippen molar-refractivity contribution in [2.75, 3.05) is 0 Å². The van der Waals surface area contributed by atoms with E-state index in [1.807, 2.05) is 34.8 Å². The van der Waals surface area contributed by atoms with Crippen LogP contribution < -0.4 is 5.32 Å². The Balaban J connectivity index is 1.10. The first kappa shape index (κ1) is 28.7. The van der Waals surface area contributed by atoms with Crippen LogP contribution >= 0.6 is 22.7 Å². The van der Waals surface area contributed by atoms with E-state index < -0.39 is 0 Å². The lowest BCUT2D eigenvalue weighted by atomic mass is 10.0. The molecule has 3 aromatic heterocycles. The van der Waals surface area contributed by atoms with Crippen LogP contribution in [0.25, 0.3) is 67.8 Å². The van der Waals surface area contributed by atoms with Gasteiger partial charge in [-0.3, -0.25) is 0 Å². The molecule has 1 unspecified atom stereocenters. The third kappa shape index (κ3) is 4.50. The number of para-hydroxylation sites is 2. The van der Waals surface area contributed by atoms with Crippen LogP contribution in [0.3, 0.4) is 0 Å². The van der Waals surface area contributed by atoms with Crippen LogP contribution in [0.5, 0.6) is 0 Å². The molecule has 51 heavy (non-hydrogen) atoms. The Morgan fingerprint density at radius 2 is 1.16 bits per heavy atom. The molecule has 10 aromatic rings. The zero-order valence-electron chi connectivity index (χ0n) is 27.2. The van der Waals surface area contributed by atoms with Crippen LogP contribution in [0.1, 0.15) is 22.9 Å². The average Bonchev–Trinajstić information content (AvgIpc) is 3.86. The first-order valence-electron chi connectivity index (χ1n) is 17.1. The highest BCUT2D eigenvalue weighted by atomic mass is 32.1. The maximum absolute atomic E-state index is 5.23. The molecule has 1 atom stereocenters. The van der Waals surface area contributed by atoms with Gasteiger partial charge in [0, 0.05) is 67.9 Å². The van der Waals surface area contributed by atoms with Gasteiger partial charge in [-0.2, -0.15) is 0 Å². The molecule has 1 aliphatic rings. The zero-order valence-corrected chi connectivity index (χ0v) is 28.9. The van der Waals surface area contributed by atoms with E-state index in [4.69, 9.17) is 9.98 Å². The maximum atomic E-state index is 5.23. The quantitative estimate of drug-likeness (QED) is 0.196. The Kier molecular flexibility index (Phi) is 6.32. The molecule has 0 aliphatic carbocycles. The molecule has 0 amide bonds. The number of thiophene rings is 2. The third-order valence-corrected chi connectivity index (χ3v) is 12.3. The van der Waals surface area contributed by atoms with Gasteiger partial charge in [-0.25, -0.2) is 9.98 Å². The molecule has 6 heteroatoms. The molecule has 0 saturated carbocycles. The number of rotatable bonds is 4. The number of amidine groups is 2. The molecule has 4 heterocycles. The Morgan fingerprint density at radius 3 is 1.94 bits per heavy atom. The zero-order chi connectivity index (χ0) is 33.5. The summed E-state index contributed by atoms with van der Waals surface area (Å²) >= 11 is 3.71. The molecule has 0 saturated heterocycles. The number of nitrogens with zero attached hydrogens (tertiary/aromatic N) is 3. The molecule has 0 radical (unpaired) electrons. The molecule has 1 aliphatic heterocycles. The minimum Gasteiger partial charge on any atom is -0.344 e. The van der Waals surface area contributed by atoms with Crippen LogP contribution in [0.2, 0.25) is 0 Å². The van der Waals surface area contributed by atoms with Gasteiger partial charge in [0.15, 0.2) is 5.84 Å². The van der Waals surface area contributed by atoms with Crippen molar-refractivity contribution < 1.29 is 0 Å². The highest BCUT2D eigenvalue weighted by Gasteiger charge is 2.23. The van der Waals surface area contributed by atoms with Gasteiger partial charge in [-0.15, -0.1) is 22.7 Å². The van der Waals surface area contributed by atoms with Crippen molar-refractivity contribution in [2.24, 2.45) is 9.98 Å². The largest absolute Gasteiger partial charge is 0.344 e. The summed E-state index contributed by atoms with van der Waals surface area (Å²) in [6.45, 7) is 0. The maximum Gasteiger partial charge on any atom is 0.160 e. The van der Waals surface area contributed by atoms with Crippen molar-refractivity contribution in [3.05, 3.63) is 174 Å². The first-order valence-corrected chi connectivity index (χ1v) is 18.7. The molecule has 0 bridgehead atoms. The fourth-order valence-corrected chi connectivity index (χ4v) is 9.99. The lowest BCUT2D eigenvalue weighted by Crippen LogP contribution is -2.33. The van der Waals surface area contributed by atoms with Crippen LogP contribution in [0.15, 0.2) is 168 Å². The SMILES string of the molecule is c1ccc(C2=NC(c3cccc4sc5cc6c(cc5c34)sc3ccc(-n4c5ccccc5c5ccccc54)cc36)=NC(c3ccccc3)N2)cc1. The summed E-state index contributed by atoms with van der Waals surface area (Å²) in [4.78, 5) is 10.4. The van der Waals surface area contributed by atoms with Gasteiger partial charge in [0.1, 0.15) is 12.0 Å². The molecule has 0 spiro atoms. The number of aromatic nitrogens is 1. The van der Waals surface area contributed by atoms with Gasteiger partial charge in [-0.05, 0) is 54.1 Å². The fraction of sp³-hybridized carbons (Fsp3) is 0.0222. The van der Waals surface area contributed by atoms with Crippen LogP contribution in [0.4, 0.5) is 0 Å². The predicted molar refractivity (Wildman–Crippen MR) is 218 cm³/mol. The molecule has 1 N–H and O–H groups in total. The van der Waals surface area contributed by atoms with Crippen molar-refractivity contribution >= 4 is 96.5 Å². The van der Waals surface area contributed by atoms with E-state index in [1.54, 1.807) is 0 Å². The van der Waals surface area contributed by atoms with Gasteiger partial charge < -0.3 is 9.88 Å². The Morgan fingerprint density at radius 1 is 0.510 bits per heavy atom. The molecule has 4 nitrogen and oxygen atoms in total. The predicted octanol–water partition coefficient (Wildman–Crippen LogP) is 12.0. The second kappa shape index (κ2) is 11.2. The lowest BCUT2D eigenvalue weighted by molar-refractivity contribution is 0.674. The second-order valence-corrected chi connectivity index (χ2v) is 15.2. The van der Waals surface area contributed by atoms with E-state index in [1.165, 1.54) is 67.8 Å². The summed E-state index contributed by atoms with van der Waals surface area (Å²) in [5.74, 6) is 1.58. The Hall–Kier alpha value is -6.08. The minimum atomic E-state index is -0.243. The summed E-state index contributed by atoms with van der Waals surface area (Å²) in [6.07, 6.45) is -0.243. The molecule has 7 aromatic carbocycles. The summed E-state index contributed by atoms with van der Waals surface area (Å²) in [6, 6.07) is 56.5. The fourth-order valence-electron chi connectivity index (χ4n) is 7.73. The molecular weight excluding hydrogens is 661 g/mol. The molecule has 240 valence electrons. The first-order chi connectivity index (χ1) is 25.3. The highest BCUT2D eigenvalue weighted by molar-refractivity contribution is 7.27. The van der Waals surface area contributed by atoms with Gasteiger partial charge in [-0.1, -0.05) is 109 Å². The van der Waals surface area contributed by atoms with Gasteiger partial charge >= 0.3 is 0 Å². The number of hydrogen-bond donors (Lipinski definition) is 1. The van der Waals surface area contributed by atoms with Crippen molar-refractivity contribution in [3.63, 3.8) is 0 Å². The topological polar surface area (TPSA) is 41.7 Å². The summed E-state index contributed by atoms with van der Waals surface area (Å²) < 4.78 is 7.50. The van der Waals surface area contributed by atoms with Crippen LogP contribution in [-0.4, -0.2) is 16.2 Å². The number of aliphatic imine (C=N–C) groups is 2. The monoisotopic (exact) mass is 688 g/mol. The molecule has 11 rings (SSSR count). The number of nitrogens with one attached hydrogen (secondary N) is 1. The normalized spacial score (nSPS) is 14.9. The van der Waals surface area contributed by atoms with Crippen molar-refractivity contribution in [3.8, 4) is 5.69 Å². The van der Waals surface area contributed by atoms with E-state index in [2.05, 4.69) is 155 Å². The Bertz CT molecular complexity index is 3000. The summed E-state index contributed by atoms with van der Waals surface area (Å²) in [5, 5.41) is 11.2. The lowest BCUT2D eigenvalue weighted by Gasteiger charge is -2.24. The minimum absolute atomic E-state index is 0.243. The highest BCUT2D eigenvalue weighted by Crippen LogP contribution is 2.44. The molecular formula is C45H28N4S2. The number of fused-ring (bicyclic) bond motifs is 9. The second-order valence-electron chi connectivity index (χ2n) is 13.0. The van der Waals surface area contributed by atoms with Crippen molar-refractivity contribution in [1.29, 1.82) is 0 Å². The molecule has 0 fully saturated rings. The Labute approximate surface area is 301 Å². The summed E-state index contributed by atoms with van der Waals surface area (Å²) in [7, 11) is 0. The van der Waals surface area contributed by atoms with E-state index in [0.29, 0.717) is 0 Å². The van der Waals surface area contributed by atoms with Gasteiger partial charge in [0.2, 0.25) is 0 Å². The van der Waals surface area contributed by atoms with Gasteiger partial charge in [0.05, 0.1) is 11.0 Å². The van der Waals surface area contributed by atoms with Crippen molar-refractivity contribution in [1.82, 2.24) is 9.88 Å². The van der Waals surface area contributed by atoms with Crippen LogP contribution in [-0.2, 0) is 0 Å². The number of benzene rings is 7. The van der Waals surface area contributed by atoms with Crippen LogP contribution in [0, 0.1) is 0 Å². The smallest absolute Gasteiger partial charge is 0.160 e. The average molecular weight is 689 g/mol. The van der Waals surface area contributed by atoms with E-state index in [9.17, 15) is 0 Å².